The highest BCUT2D eigenvalue weighted by Gasteiger charge is 2.31. The second kappa shape index (κ2) is 6.74. The van der Waals surface area contributed by atoms with Gasteiger partial charge in [-0.2, -0.15) is 0 Å². The van der Waals surface area contributed by atoms with Gasteiger partial charge in [-0.15, -0.1) is 0 Å². The highest BCUT2D eigenvalue weighted by molar-refractivity contribution is 5.94. The molecule has 0 saturated heterocycles. The Morgan fingerprint density at radius 2 is 1.46 bits per heavy atom. The van der Waals surface area contributed by atoms with E-state index in [9.17, 15) is 41.7 Å². The second-order valence-electron chi connectivity index (χ2n) is 4.58. The summed E-state index contributed by atoms with van der Waals surface area (Å²) in [6, 6.07) is 1.80. The van der Waals surface area contributed by atoms with Gasteiger partial charge >= 0.3 is 11.9 Å². The van der Waals surface area contributed by atoms with Crippen molar-refractivity contribution >= 4 is 17.6 Å². The van der Waals surface area contributed by atoms with E-state index < -0.39 is 68.5 Å². The fourth-order valence-corrected chi connectivity index (χ4v) is 1.85. The van der Waals surface area contributed by atoms with Crippen molar-refractivity contribution in [2.24, 2.45) is 0 Å². The van der Waals surface area contributed by atoms with Gasteiger partial charge in [-0.3, -0.25) is 10.1 Å². The number of carboxylic acid groups (broad SMARTS) is 1. The second-order valence-corrected chi connectivity index (χ2v) is 4.58. The number of aromatic carboxylic acids is 1. The highest BCUT2D eigenvalue weighted by atomic mass is 19.2. The van der Waals surface area contributed by atoms with Gasteiger partial charge in [0.15, 0.2) is 23.3 Å². The molecule has 2 rings (SSSR count). The molecule has 2 aromatic rings. The van der Waals surface area contributed by atoms with Gasteiger partial charge in [0.25, 0.3) is 5.69 Å². The Balaban J connectivity index is 2.48. The van der Waals surface area contributed by atoms with E-state index in [0.717, 1.165) is 0 Å². The number of hydrogen-bond donors (Lipinski definition) is 1. The largest absolute Gasteiger partial charge is 0.477 e. The Bertz CT molecular complexity index is 932. The molecule has 0 aliphatic heterocycles. The lowest BCUT2D eigenvalue weighted by Gasteiger charge is -2.09. The molecule has 0 atom stereocenters. The van der Waals surface area contributed by atoms with Crippen LogP contribution in [0, 0.1) is 39.2 Å². The van der Waals surface area contributed by atoms with Crippen molar-refractivity contribution in [1.82, 2.24) is 0 Å². The molecule has 0 saturated carbocycles. The average molecular weight is 377 g/mol. The van der Waals surface area contributed by atoms with Crippen molar-refractivity contribution in [2.75, 3.05) is 0 Å². The predicted molar refractivity (Wildman–Crippen MR) is 71.2 cm³/mol. The molecule has 0 heterocycles. The Morgan fingerprint density at radius 1 is 0.962 bits per heavy atom. The van der Waals surface area contributed by atoms with Crippen LogP contribution in [0.3, 0.4) is 0 Å². The lowest BCUT2D eigenvalue weighted by atomic mass is 10.1. The molecule has 12 heteroatoms. The molecule has 0 fully saturated rings. The maximum atomic E-state index is 13.5. The minimum absolute atomic E-state index is 0.477. The number of nitro groups is 1. The number of rotatable bonds is 4. The van der Waals surface area contributed by atoms with Crippen LogP contribution in [0.2, 0.25) is 0 Å². The summed E-state index contributed by atoms with van der Waals surface area (Å²) in [5.74, 6) is -16.7. The third-order valence-electron chi connectivity index (χ3n) is 3.02. The predicted octanol–water partition coefficient (Wildman–Crippen LogP) is 3.21. The summed E-state index contributed by atoms with van der Waals surface area (Å²) in [5.41, 5.74) is -3.72. The molecular formula is C14H4F5NO6. The van der Waals surface area contributed by atoms with Crippen LogP contribution in [-0.4, -0.2) is 22.0 Å². The van der Waals surface area contributed by atoms with E-state index >= 15 is 0 Å². The van der Waals surface area contributed by atoms with E-state index in [0.29, 0.717) is 18.2 Å². The number of carbonyl (C=O) groups excluding carboxylic acids is 1. The van der Waals surface area contributed by atoms with Gasteiger partial charge in [0, 0.05) is 12.1 Å². The van der Waals surface area contributed by atoms with Gasteiger partial charge in [0.2, 0.25) is 5.82 Å². The highest BCUT2D eigenvalue weighted by Crippen LogP contribution is 2.27. The maximum absolute atomic E-state index is 13.5. The molecule has 2 aromatic carbocycles. The Kier molecular flexibility index (Phi) is 4.86. The normalized spacial score (nSPS) is 10.5. The van der Waals surface area contributed by atoms with Gasteiger partial charge in [-0.25, -0.2) is 31.5 Å². The van der Waals surface area contributed by atoms with E-state index in [-0.39, 0.29) is 0 Å². The minimum Gasteiger partial charge on any atom is -0.477 e. The van der Waals surface area contributed by atoms with E-state index in [4.69, 9.17) is 5.11 Å². The molecule has 0 aliphatic rings. The third-order valence-corrected chi connectivity index (χ3v) is 3.02. The number of benzene rings is 2. The molecule has 0 bridgehead atoms. The lowest BCUT2D eigenvalue weighted by Crippen LogP contribution is -2.17. The van der Waals surface area contributed by atoms with E-state index in [1.54, 1.807) is 0 Å². The summed E-state index contributed by atoms with van der Waals surface area (Å²) in [7, 11) is 0. The number of carbonyl (C=O) groups is 2. The molecule has 26 heavy (non-hydrogen) atoms. The topological polar surface area (TPSA) is 107 Å². The van der Waals surface area contributed by atoms with E-state index in [1.165, 1.54) is 0 Å². The van der Waals surface area contributed by atoms with Crippen LogP contribution in [0.25, 0.3) is 0 Å². The van der Waals surface area contributed by atoms with Crippen molar-refractivity contribution in [3.05, 3.63) is 68.5 Å². The average Bonchev–Trinajstić information content (AvgIpc) is 2.58. The fraction of sp³-hybridized carbons (Fsp3) is 0. The molecule has 7 nitrogen and oxygen atoms in total. The Labute approximate surface area is 139 Å². The molecule has 0 radical (unpaired) electrons. The Hall–Kier alpha value is -3.57. The van der Waals surface area contributed by atoms with Gasteiger partial charge in [0.1, 0.15) is 16.9 Å². The van der Waals surface area contributed by atoms with Crippen LogP contribution in [0.5, 0.6) is 5.75 Å². The molecule has 0 unspecified atom stereocenters. The quantitative estimate of drug-likeness (QED) is 0.167. The van der Waals surface area contributed by atoms with Crippen molar-refractivity contribution in [3.63, 3.8) is 0 Å². The Morgan fingerprint density at radius 3 is 1.92 bits per heavy atom. The van der Waals surface area contributed by atoms with Crippen LogP contribution in [0.4, 0.5) is 27.6 Å². The zero-order valence-electron chi connectivity index (χ0n) is 12.1. The maximum Gasteiger partial charge on any atom is 0.349 e. The van der Waals surface area contributed by atoms with Crippen LogP contribution >= 0.6 is 0 Å². The zero-order valence-corrected chi connectivity index (χ0v) is 12.1. The lowest BCUT2D eigenvalue weighted by molar-refractivity contribution is -0.385. The van der Waals surface area contributed by atoms with E-state index in [2.05, 4.69) is 4.74 Å². The van der Waals surface area contributed by atoms with Crippen molar-refractivity contribution < 1.29 is 46.3 Å². The number of esters is 1. The van der Waals surface area contributed by atoms with Crippen LogP contribution in [0.15, 0.2) is 18.2 Å². The van der Waals surface area contributed by atoms with Crippen LogP contribution in [-0.2, 0) is 0 Å². The fourth-order valence-electron chi connectivity index (χ4n) is 1.85. The smallest absolute Gasteiger partial charge is 0.349 e. The zero-order chi connectivity index (χ0) is 19.8. The van der Waals surface area contributed by atoms with Gasteiger partial charge in [-0.05, 0) is 6.07 Å². The van der Waals surface area contributed by atoms with Gasteiger partial charge in [-0.1, -0.05) is 0 Å². The first-order chi connectivity index (χ1) is 12.1. The first-order valence-corrected chi connectivity index (χ1v) is 6.31. The van der Waals surface area contributed by atoms with Gasteiger partial charge in [0.05, 0.1) is 4.92 Å². The summed E-state index contributed by atoms with van der Waals surface area (Å²) in [5, 5.41) is 19.6. The molecule has 0 aliphatic carbocycles. The molecule has 0 spiro atoms. The molecule has 136 valence electrons. The molecular weight excluding hydrogens is 373 g/mol. The summed E-state index contributed by atoms with van der Waals surface area (Å²) >= 11 is 0. The molecule has 1 N–H and O–H groups in total. The van der Waals surface area contributed by atoms with Crippen LogP contribution in [0.1, 0.15) is 20.7 Å². The SMILES string of the molecule is O=C(O)c1cc(OC(=O)c2c(F)c(F)c(F)c(F)c2F)ccc1[N+](=O)[O-]. The number of carboxylic acids is 1. The third kappa shape index (κ3) is 3.16. The summed E-state index contributed by atoms with van der Waals surface area (Å²) < 4.78 is 70.6. The summed E-state index contributed by atoms with van der Waals surface area (Å²) in [6.45, 7) is 0. The number of nitro benzene ring substituents is 1. The first kappa shape index (κ1) is 18.8. The van der Waals surface area contributed by atoms with Gasteiger partial charge < -0.3 is 9.84 Å². The van der Waals surface area contributed by atoms with Crippen LogP contribution < -0.4 is 4.74 Å². The monoisotopic (exact) mass is 377 g/mol. The number of hydrogen-bond acceptors (Lipinski definition) is 5. The number of ether oxygens (including phenoxy) is 1. The summed E-state index contributed by atoms with van der Waals surface area (Å²) in [4.78, 5) is 32.3. The standard InChI is InChI=1S/C14H4F5NO6/c15-8-7(9(16)11(18)12(19)10(8)17)14(23)26-4-1-2-6(20(24)25)5(3-4)13(21)22/h1-3H,(H,21,22). The van der Waals surface area contributed by atoms with E-state index in [1.807, 2.05) is 0 Å². The molecule has 0 aromatic heterocycles. The number of nitrogens with zero attached hydrogens (tertiary/aromatic N) is 1. The summed E-state index contributed by atoms with van der Waals surface area (Å²) in [6.07, 6.45) is 0. The van der Waals surface area contributed by atoms with Crippen molar-refractivity contribution in [1.29, 1.82) is 0 Å². The first-order valence-electron chi connectivity index (χ1n) is 6.31. The number of halogens is 5. The van der Waals surface area contributed by atoms with Crippen molar-refractivity contribution in [2.45, 2.75) is 0 Å². The van der Waals surface area contributed by atoms with Crippen molar-refractivity contribution in [3.8, 4) is 5.75 Å². The molecule has 0 amide bonds. The minimum atomic E-state index is -2.49.